The fourth-order valence-corrected chi connectivity index (χ4v) is 1.54. The van der Waals surface area contributed by atoms with E-state index in [-0.39, 0.29) is 5.91 Å². The Hall–Kier alpha value is -1.44. The Balaban J connectivity index is 3.11. The van der Waals surface area contributed by atoms with E-state index >= 15 is 0 Å². The van der Waals surface area contributed by atoms with Gasteiger partial charge in [-0.2, -0.15) is 0 Å². The summed E-state index contributed by atoms with van der Waals surface area (Å²) >= 11 is 0. The molecule has 2 nitrogen and oxygen atoms in total. The first-order valence-electron chi connectivity index (χ1n) is 5.23. The van der Waals surface area contributed by atoms with Gasteiger partial charge < -0.3 is 0 Å². The van der Waals surface area contributed by atoms with Crippen LogP contribution in [0.25, 0.3) is 0 Å². The summed E-state index contributed by atoms with van der Waals surface area (Å²) in [5.41, 5.74) is 0.538. The van der Waals surface area contributed by atoms with Crippen molar-refractivity contribution in [2.45, 2.75) is 32.6 Å². The minimum Gasteiger partial charge on any atom is -0.272 e. The SMILES string of the molecule is CC=NC(=O)C(C)(CC)c1ccccc1. The monoisotopic (exact) mass is 203 g/mol. The molecule has 0 radical (unpaired) electrons. The lowest BCUT2D eigenvalue weighted by Gasteiger charge is -2.24. The second-order valence-electron chi connectivity index (χ2n) is 3.74. The predicted octanol–water partition coefficient (Wildman–Crippen LogP) is 2.97. The summed E-state index contributed by atoms with van der Waals surface area (Å²) in [7, 11) is 0. The van der Waals surface area contributed by atoms with Gasteiger partial charge in [0.1, 0.15) is 0 Å². The molecule has 0 bridgehead atoms. The van der Waals surface area contributed by atoms with Gasteiger partial charge in [0.15, 0.2) is 0 Å². The second-order valence-corrected chi connectivity index (χ2v) is 3.74. The van der Waals surface area contributed by atoms with Crippen LogP contribution in [0, 0.1) is 0 Å². The molecule has 0 saturated carbocycles. The molecule has 0 aliphatic heterocycles. The largest absolute Gasteiger partial charge is 0.272 e. The highest BCUT2D eigenvalue weighted by Gasteiger charge is 2.32. The van der Waals surface area contributed by atoms with Gasteiger partial charge in [-0.25, -0.2) is 4.99 Å². The van der Waals surface area contributed by atoms with E-state index in [1.165, 1.54) is 0 Å². The number of rotatable bonds is 3. The van der Waals surface area contributed by atoms with Gasteiger partial charge in [0, 0.05) is 6.21 Å². The number of hydrogen-bond acceptors (Lipinski definition) is 1. The Morgan fingerprint density at radius 2 is 2.00 bits per heavy atom. The molecular weight excluding hydrogens is 186 g/mol. The van der Waals surface area contributed by atoms with Crippen molar-refractivity contribution in [1.82, 2.24) is 0 Å². The molecule has 1 amide bonds. The van der Waals surface area contributed by atoms with E-state index in [1.54, 1.807) is 13.1 Å². The predicted molar refractivity (Wildman–Crippen MR) is 63.3 cm³/mol. The number of nitrogens with zero attached hydrogens (tertiary/aromatic N) is 1. The van der Waals surface area contributed by atoms with Crippen LogP contribution in [0.4, 0.5) is 0 Å². The van der Waals surface area contributed by atoms with Crippen LogP contribution >= 0.6 is 0 Å². The Kier molecular flexibility index (Phi) is 3.78. The van der Waals surface area contributed by atoms with Gasteiger partial charge in [0.25, 0.3) is 5.91 Å². The molecule has 0 aromatic heterocycles. The van der Waals surface area contributed by atoms with Crippen LogP contribution < -0.4 is 0 Å². The van der Waals surface area contributed by atoms with Crippen molar-refractivity contribution >= 4 is 12.1 Å². The number of carbonyl (C=O) groups is 1. The first-order valence-corrected chi connectivity index (χ1v) is 5.23. The van der Waals surface area contributed by atoms with E-state index in [4.69, 9.17) is 0 Å². The summed E-state index contributed by atoms with van der Waals surface area (Å²) in [4.78, 5) is 15.8. The maximum absolute atomic E-state index is 11.9. The van der Waals surface area contributed by atoms with Crippen LogP contribution in [-0.4, -0.2) is 12.1 Å². The van der Waals surface area contributed by atoms with Crippen LogP contribution in [0.15, 0.2) is 35.3 Å². The average Bonchev–Trinajstić information content (AvgIpc) is 2.29. The van der Waals surface area contributed by atoms with Crippen molar-refractivity contribution < 1.29 is 4.79 Å². The Morgan fingerprint density at radius 1 is 1.40 bits per heavy atom. The summed E-state index contributed by atoms with van der Waals surface area (Å²) in [6.07, 6.45) is 2.31. The van der Waals surface area contributed by atoms with Crippen molar-refractivity contribution in [2.75, 3.05) is 0 Å². The van der Waals surface area contributed by atoms with Crippen molar-refractivity contribution in [2.24, 2.45) is 4.99 Å². The van der Waals surface area contributed by atoms with Gasteiger partial charge in [-0.1, -0.05) is 37.3 Å². The molecule has 0 fully saturated rings. The van der Waals surface area contributed by atoms with Crippen molar-refractivity contribution in [1.29, 1.82) is 0 Å². The lowest BCUT2D eigenvalue weighted by Crippen LogP contribution is -2.30. The molecule has 1 unspecified atom stereocenters. The Morgan fingerprint density at radius 3 is 2.47 bits per heavy atom. The number of carbonyl (C=O) groups excluding carboxylic acids is 1. The molecule has 1 aromatic rings. The minimum atomic E-state index is -0.492. The molecule has 0 spiro atoms. The quantitative estimate of drug-likeness (QED) is 0.694. The third-order valence-electron chi connectivity index (χ3n) is 2.84. The molecule has 15 heavy (non-hydrogen) atoms. The summed E-state index contributed by atoms with van der Waals surface area (Å²) in [5.74, 6) is -0.0706. The highest BCUT2D eigenvalue weighted by Crippen LogP contribution is 2.28. The second kappa shape index (κ2) is 4.87. The smallest absolute Gasteiger partial charge is 0.255 e. The first kappa shape index (κ1) is 11.6. The van der Waals surface area contributed by atoms with Crippen LogP contribution in [0.5, 0.6) is 0 Å². The zero-order valence-electron chi connectivity index (χ0n) is 9.53. The van der Waals surface area contributed by atoms with Crippen LogP contribution in [0.3, 0.4) is 0 Å². The highest BCUT2D eigenvalue weighted by molar-refractivity contribution is 5.93. The fourth-order valence-electron chi connectivity index (χ4n) is 1.54. The average molecular weight is 203 g/mol. The lowest BCUT2D eigenvalue weighted by atomic mass is 9.79. The van der Waals surface area contributed by atoms with E-state index in [0.717, 1.165) is 12.0 Å². The maximum atomic E-state index is 11.9. The molecule has 80 valence electrons. The van der Waals surface area contributed by atoms with Crippen molar-refractivity contribution in [3.63, 3.8) is 0 Å². The minimum absolute atomic E-state index is 0.0706. The molecule has 0 aliphatic rings. The van der Waals surface area contributed by atoms with Crippen molar-refractivity contribution in [3.05, 3.63) is 35.9 Å². The third-order valence-corrected chi connectivity index (χ3v) is 2.84. The summed E-state index contributed by atoms with van der Waals surface area (Å²) in [6, 6.07) is 9.81. The van der Waals surface area contributed by atoms with Crippen molar-refractivity contribution in [3.8, 4) is 0 Å². The Labute approximate surface area is 91.0 Å². The molecule has 0 saturated heterocycles. The molecule has 1 aromatic carbocycles. The van der Waals surface area contributed by atoms with E-state index in [0.29, 0.717) is 0 Å². The molecule has 0 aliphatic carbocycles. The molecule has 0 N–H and O–H groups in total. The van der Waals surface area contributed by atoms with Gasteiger partial charge in [-0.15, -0.1) is 0 Å². The van der Waals surface area contributed by atoms with Crippen LogP contribution in [-0.2, 0) is 10.2 Å². The van der Waals surface area contributed by atoms with E-state index in [9.17, 15) is 4.79 Å². The number of amides is 1. The van der Waals surface area contributed by atoms with Gasteiger partial charge in [0.05, 0.1) is 5.41 Å². The van der Waals surface area contributed by atoms with Crippen LogP contribution in [0.1, 0.15) is 32.8 Å². The molecule has 2 heteroatoms. The van der Waals surface area contributed by atoms with Gasteiger partial charge in [-0.3, -0.25) is 4.79 Å². The molecule has 1 atom stereocenters. The zero-order chi connectivity index (χ0) is 11.3. The first-order chi connectivity index (χ1) is 7.15. The van der Waals surface area contributed by atoms with Gasteiger partial charge in [-0.05, 0) is 25.8 Å². The van der Waals surface area contributed by atoms with Crippen LogP contribution in [0.2, 0.25) is 0 Å². The van der Waals surface area contributed by atoms with Gasteiger partial charge >= 0.3 is 0 Å². The molecular formula is C13H17NO. The number of aliphatic imine (C=N–C) groups is 1. The Bertz CT molecular complexity index is 356. The fraction of sp³-hybridized carbons (Fsp3) is 0.385. The standard InChI is InChI=1S/C13H17NO/c1-4-13(3,12(15)14-5-2)11-9-7-6-8-10-11/h5-10H,4H2,1-3H3. The number of benzene rings is 1. The maximum Gasteiger partial charge on any atom is 0.255 e. The van der Waals surface area contributed by atoms with E-state index in [1.807, 2.05) is 44.2 Å². The molecule has 1 rings (SSSR count). The summed E-state index contributed by atoms with van der Waals surface area (Å²) < 4.78 is 0. The lowest BCUT2D eigenvalue weighted by molar-refractivity contribution is -0.122. The van der Waals surface area contributed by atoms with Gasteiger partial charge in [0.2, 0.25) is 0 Å². The van der Waals surface area contributed by atoms with E-state index in [2.05, 4.69) is 4.99 Å². The summed E-state index contributed by atoms with van der Waals surface area (Å²) in [5, 5.41) is 0. The zero-order valence-corrected chi connectivity index (χ0v) is 9.53. The normalized spacial score (nSPS) is 15.1. The number of hydrogen-bond donors (Lipinski definition) is 0. The topological polar surface area (TPSA) is 29.4 Å². The third kappa shape index (κ3) is 2.32. The highest BCUT2D eigenvalue weighted by atomic mass is 16.1. The molecule has 0 heterocycles. The van der Waals surface area contributed by atoms with E-state index < -0.39 is 5.41 Å². The summed E-state index contributed by atoms with van der Waals surface area (Å²) in [6.45, 7) is 5.72.